The summed E-state index contributed by atoms with van der Waals surface area (Å²) in [6.07, 6.45) is 2.24. The molecule has 1 aromatic heterocycles. The molecule has 3 rings (SSSR count). The first kappa shape index (κ1) is 16.0. The first-order chi connectivity index (χ1) is 11.7. The Labute approximate surface area is 139 Å². The Kier molecular flexibility index (Phi) is 4.74. The summed E-state index contributed by atoms with van der Waals surface area (Å²) in [6, 6.07) is 10.3. The maximum Gasteiger partial charge on any atom is 0.160 e. The first-order valence-corrected chi connectivity index (χ1v) is 7.56. The van der Waals surface area contributed by atoms with Crippen LogP contribution in [0.15, 0.2) is 42.7 Å². The van der Waals surface area contributed by atoms with E-state index in [0.717, 1.165) is 12.0 Å². The van der Waals surface area contributed by atoms with E-state index in [4.69, 9.17) is 9.47 Å². The van der Waals surface area contributed by atoms with Gasteiger partial charge in [-0.25, -0.2) is 14.4 Å². The number of nitrogens with one attached hydrogen (secondary N) is 1. The van der Waals surface area contributed by atoms with Gasteiger partial charge in [0.1, 0.15) is 18.0 Å². The lowest BCUT2D eigenvalue weighted by atomic mass is 10.1. The average molecular weight is 327 g/mol. The molecule has 0 unspecified atom stereocenters. The van der Waals surface area contributed by atoms with Crippen molar-refractivity contribution in [2.75, 3.05) is 26.1 Å². The van der Waals surface area contributed by atoms with Crippen LogP contribution in [0.1, 0.15) is 5.56 Å². The van der Waals surface area contributed by atoms with E-state index in [-0.39, 0.29) is 5.82 Å². The van der Waals surface area contributed by atoms with E-state index in [1.165, 1.54) is 18.5 Å². The molecule has 0 aliphatic carbocycles. The van der Waals surface area contributed by atoms with Gasteiger partial charge in [0.2, 0.25) is 0 Å². The van der Waals surface area contributed by atoms with Crippen LogP contribution < -0.4 is 14.8 Å². The van der Waals surface area contributed by atoms with Crippen LogP contribution in [-0.2, 0) is 6.42 Å². The van der Waals surface area contributed by atoms with Gasteiger partial charge in [-0.05, 0) is 42.3 Å². The number of methoxy groups -OCH3 is 2. The number of benzene rings is 2. The fraction of sp³-hybridized carbons (Fsp3) is 0.222. The van der Waals surface area contributed by atoms with Gasteiger partial charge in [0.25, 0.3) is 0 Å². The average Bonchev–Trinajstić information content (AvgIpc) is 2.62. The SMILES string of the molecule is COc1ccc(CCNc2ncnc3ccc(F)cc23)cc1OC. The lowest BCUT2D eigenvalue weighted by Gasteiger charge is -2.11. The van der Waals surface area contributed by atoms with Gasteiger partial charge in [0, 0.05) is 11.9 Å². The molecule has 0 fully saturated rings. The lowest BCUT2D eigenvalue weighted by molar-refractivity contribution is 0.354. The van der Waals surface area contributed by atoms with Crippen molar-refractivity contribution in [1.82, 2.24) is 9.97 Å². The molecule has 0 amide bonds. The number of rotatable bonds is 6. The van der Waals surface area contributed by atoms with E-state index >= 15 is 0 Å². The fourth-order valence-electron chi connectivity index (χ4n) is 2.53. The fourth-order valence-corrected chi connectivity index (χ4v) is 2.53. The van der Waals surface area contributed by atoms with Gasteiger partial charge in [-0.1, -0.05) is 6.07 Å². The molecular weight excluding hydrogens is 309 g/mol. The van der Waals surface area contributed by atoms with Gasteiger partial charge in [0.05, 0.1) is 19.7 Å². The third-order valence-corrected chi connectivity index (χ3v) is 3.75. The van der Waals surface area contributed by atoms with Gasteiger partial charge >= 0.3 is 0 Å². The minimum atomic E-state index is -0.305. The largest absolute Gasteiger partial charge is 0.493 e. The van der Waals surface area contributed by atoms with Crippen molar-refractivity contribution in [3.05, 3.63) is 54.1 Å². The highest BCUT2D eigenvalue weighted by atomic mass is 19.1. The predicted octanol–water partition coefficient (Wildman–Crippen LogP) is 3.44. The molecule has 6 heteroatoms. The normalized spacial score (nSPS) is 10.6. The zero-order valence-electron chi connectivity index (χ0n) is 13.5. The smallest absolute Gasteiger partial charge is 0.160 e. The number of nitrogens with zero attached hydrogens (tertiary/aromatic N) is 2. The monoisotopic (exact) mass is 327 g/mol. The molecule has 0 saturated carbocycles. The Morgan fingerprint density at radius 3 is 2.62 bits per heavy atom. The molecule has 5 nitrogen and oxygen atoms in total. The molecule has 0 aliphatic heterocycles. The molecule has 2 aromatic carbocycles. The molecule has 3 aromatic rings. The highest BCUT2D eigenvalue weighted by molar-refractivity contribution is 5.88. The van der Waals surface area contributed by atoms with Crippen molar-refractivity contribution in [1.29, 1.82) is 0 Å². The van der Waals surface area contributed by atoms with Crippen molar-refractivity contribution < 1.29 is 13.9 Å². The minimum absolute atomic E-state index is 0.305. The number of fused-ring (bicyclic) bond motifs is 1. The summed E-state index contributed by atoms with van der Waals surface area (Å²) in [5, 5.41) is 3.91. The van der Waals surface area contributed by atoms with Crippen molar-refractivity contribution >= 4 is 16.7 Å². The van der Waals surface area contributed by atoms with Crippen LogP contribution in [0.3, 0.4) is 0 Å². The Bertz CT molecular complexity index is 855. The molecule has 0 radical (unpaired) electrons. The summed E-state index contributed by atoms with van der Waals surface area (Å²) < 4.78 is 24.0. The molecule has 24 heavy (non-hydrogen) atoms. The van der Waals surface area contributed by atoms with Gasteiger partial charge in [-0.2, -0.15) is 0 Å². The van der Waals surface area contributed by atoms with Crippen LogP contribution in [-0.4, -0.2) is 30.7 Å². The zero-order valence-corrected chi connectivity index (χ0v) is 13.5. The van der Waals surface area contributed by atoms with Crippen LogP contribution in [0.5, 0.6) is 11.5 Å². The number of hydrogen-bond acceptors (Lipinski definition) is 5. The van der Waals surface area contributed by atoms with Gasteiger partial charge < -0.3 is 14.8 Å². The van der Waals surface area contributed by atoms with E-state index < -0.39 is 0 Å². The highest BCUT2D eigenvalue weighted by Gasteiger charge is 2.07. The molecule has 1 heterocycles. The topological polar surface area (TPSA) is 56.3 Å². The maximum absolute atomic E-state index is 13.4. The summed E-state index contributed by atoms with van der Waals surface area (Å²) in [5.41, 5.74) is 1.81. The number of halogens is 1. The van der Waals surface area contributed by atoms with Crippen molar-refractivity contribution in [3.63, 3.8) is 0 Å². The van der Waals surface area contributed by atoms with Crippen molar-refractivity contribution in [2.24, 2.45) is 0 Å². The summed E-state index contributed by atoms with van der Waals surface area (Å²) >= 11 is 0. The molecule has 0 spiro atoms. The molecular formula is C18H18FN3O2. The summed E-state index contributed by atoms with van der Waals surface area (Å²) in [6.45, 7) is 0.651. The first-order valence-electron chi connectivity index (χ1n) is 7.56. The summed E-state index contributed by atoms with van der Waals surface area (Å²) in [4.78, 5) is 8.35. The van der Waals surface area contributed by atoms with Gasteiger partial charge in [-0.3, -0.25) is 0 Å². The number of aromatic nitrogens is 2. The molecule has 1 N–H and O–H groups in total. The van der Waals surface area contributed by atoms with E-state index in [1.807, 2.05) is 18.2 Å². The Hall–Kier alpha value is -2.89. The van der Waals surface area contributed by atoms with E-state index in [0.29, 0.717) is 34.8 Å². The summed E-state index contributed by atoms with van der Waals surface area (Å²) in [7, 11) is 3.22. The van der Waals surface area contributed by atoms with Crippen LogP contribution in [0.2, 0.25) is 0 Å². The Balaban J connectivity index is 1.72. The standard InChI is InChI=1S/C18H18FN3O2/c1-23-16-6-3-12(9-17(16)24-2)7-8-20-18-14-10-13(19)4-5-15(14)21-11-22-18/h3-6,9-11H,7-8H2,1-2H3,(H,20,21,22). The highest BCUT2D eigenvalue weighted by Crippen LogP contribution is 2.27. The van der Waals surface area contributed by atoms with E-state index in [9.17, 15) is 4.39 Å². The number of ether oxygens (including phenoxy) is 2. The van der Waals surface area contributed by atoms with Crippen LogP contribution in [0, 0.1) is 5.82 Å². The van der Waals surface area contributed by atoms with Gasteiger partial charge in [0.15, 0.2) is 11.5 Å². The van der Waals surface area contributed by atoms with E-state index in [1.54, 1.807) is 20.3 Å². The second-order valence-corrected chi connectivity index (χ2v) is 5.25. The molecule has 0 bridgehead atoms. The zero-order chi connectivity index (χ0) is 16.9. The van der Waals surface area contributed by atoms with Crippen molar-refractivity contribution in [2.45, 2.75) is 6.42 Å². The summed E-state index contributed by atoms with van der Waals surface area (Å²) in [5.74, 6) is 1.72. The van der Waals surface area contributed by atoms with Crippen LogP contribution >= 0.6 is 0 Å². The Morgan fingerprint density at radius 1 is 1.00 bits per heavy atom. The molecule has 124 valence electrons. The third kappa shape index (κ3) is 3.37. The third-order valence-electron chi connectivity index (χ3n) is 3.75. The second kappa shape index (κ2) is 7.12. The maximum atomic E-state index is 13.4. The molecule has 0 saturated heterocycles. The van der Waals surface area contributed by atoms with Crippen LogP contribution in [0.25, 0.3) is 10.9 Å². The number of hydrogen-bond donors (Lipinski definition) is 1. The minimum Gasteiger partial charge on any atom is -0.493 e. The van der Waals surface area contributed by atoms with Crippen LogP contribution in [0.4, 0.5) is 10.2 Å². The second-order valence-electron chi connectivity index (χ2n) is 5.25. The lowest BCUT2D eigenvalue weighted by Crippen LogP contribution is -2.07. The predicted molar refractivity (Wildman–Crippen MR) is 91.2 cm³/mol. The van der Waals surface area contributed by atoms with Gasteiger partial charge in [-0.15, -0.1) is 0 Å². The van der Waals surface area contributed by atoms with Crippen molar-refractivity contribution in [3.8, 4) is 11.5 Å². The Morgan fingerprint density at radius 2 is 1.83 bits per heavy atom. The van der Waals surface area contributed by atoms with E-state index in [2.05, 4.69) is 15.3 Å². The number of anilines is 1. The molecule has 0 aliphatic rings. The quantitative estimate of drug-likeness (QED) is 0.751. The molecule has 0 atom stereocenters.